The van der Waals surface area contributed by atoms with Crippen molar-refractivity contribution >= 4 is 50.9 Å². The highest BCUT2D eigenvalue weighted by atomic mass is 79.9. The minimum absolute atomic E-state index is 0.0539. The first-order valence-electron chi connectivity index (χ1n) is 10.3. The van der Waals surface area contributed by atoms with Crippen molar-refractivity contribution in [3.63, 3.8) is 0 Å². The van der Waals surface area contributed by atoms with Crippen molar-refractivity contribution in [2.24, 2.45) is 0 Å². The van der Waals surface area contributed by atoms with Gasteiger partial charge >= 0.3 is 0 Å². The van der Waals surface area contributed by atoms with E-state index in [-0.39, 0.29) is 17.2 Å². The van der Waals surface area contributed by atoms with Gasteiger partial charge in [0.1, 0.15) is 5.37 Å². The van der Waals surface area contributed by atoms with Crippen molar-refractivity contribution in [2.45, 2.75) is 24.6 Å². The number of thioether (sulfide) groups is 1. The Labute approximate surface area is 194 Å². The summed E-state index contributed by atoms with van der Waals surface area (Å²) in [6.07, 6.45) is 3.42. The molecule has 0 bridgehead atoms. The number of nitrogens with zero attached hydrogens (tertiary/aromatic N) is 1. The van der Waals surface area contributed by atoms with Gasteiger partial charge < -0.3 is 5.32 Å². The lowest BCUT2D eigenvalue weighted by molar-refractivity contribution is -0.115. The quantitative estimate of drug-likeness (QED) is 0.488. The maximum atomic E-state index is 12.7. The van der Waals surface area contributed by atoms with Crippen LogP contribution in [-0.4, -0.2) is 17.6 Å². The molecule has 6 heteroatoms. The van der Waals surface area contributed by atoms with E-state index in [1.54, 1.807) is 23.9 Å². The second kappa shape index (κ2) is 8.52. The fraction of sp³-hybridized carbons (Fsp3) is 0.200. The minimum atomic E-state index is -0.153. The topological polar surface area (TPSA) is 49.4 Å². The van der Waals surface area contributed by atoms with E-state index in [9.17, 15) is 9.59 Å². The van der Waals surface area contributed by atoms with Gasteiger partial charge in [-0.15, -0.1) is 11.8 Å². The zero-order chi connectivity index (χ0) is 21.4. The molecule has 1 atom stereocenters. The number of amides is 2. The van der Waals surface area contributed by atoms with Crippen molar-refractivity contribution < 1.29 is 9.59 Å². The zero-order valence-electron chi connectivity index (χ0n) is 16.8. The van der Waals surface area contributed by atoms with Crippen molar-refractivity contribution in [3.8, 4) is 0 Å². The number of carbonyl (C=O) groups excluding carboxylic acids is 2. The number of carbonyl (C=O) groups is 2. The van der Waals surface area contributed by atoms with Gasteiger partial charge in [0, 0.05) is 21.4 Å². The predicted octanol–water partition coefficient (Wildman–Crippen LogP) is 5.97. The van der Waals surface area contributed by atoms with Crippen LogP contribution in [0.3, 0.4) is 0 Å². The van der Waals surface area contributed by atoms with Crippen LogP contribution in [0.4, 0.5) is 11.4 Å². The molecule has 3 aromatic rings. The summed E-state index contributed by atoms with van der Waals surface area (Å²) >= 11 is 5.04. The van der Waals surface area contributed by atoms with Gasteiger partial charge in [0.25, 0.3) is 5.91 Å². The predicted molar refractivity (Wildman–Crippen MR) is 130 cm³/mol. The summed E-state index contributed by atoms with van der Waals surface area (Å²) in [7, 11) is 0. The van der Waals surface area contributed by atoms with Gasteiger partial charge in [-0.25, -0.2) is 0 Å². The Morgan fingerprint density at radius 3 is 2.61 bits per heavy atom. The highest BCUT2D eigenvalue weighted by Crippen LogP contribution is 2.43. The lowest BCUT2D eigenvalue weighted by Gasteiger charge is -2.25. The van der Waals surface area contributed by atoms with Crippen molar-refractivity contribution in [1.82, 2.24) is 0 Å². The summed E-state index contributed by atoms with van der Waals surface area (Å²) < 4.78 is 0.866. The summed E-state index contributed by atoms with van der Waals surface area (Å²) in [6, 6.07) is 21.5. The van der Waals surface area contributed by atoms with Gasteiger partial charge in [0.2, 0.25) is 5.91 Å². The standard InChI is InChI=1S/C25H21BrN2O2S/c26-20-6-2-5-19(13-20)24(30)27-21-10-7-17(8-11-21)25-28(23(29)15-31-25)22-12-9-16-3-1-4-18(16)14-22/h2,5-14,25H,1,3-4,15H2,(H,27,30). The normalized spacial score (nSPS) is 17.6. The average Bonchev–Trinajstić information content (AvgIpc) is 3.40. The molecule has 1 saturated heterocycles. The molecule has 1 N–H and O–H groups in total. The number of benzene rings is 3. The molecule has 1 fully saturated rings. The molecule has 1 aliphatic carbocycles. The summed E-state index contributed by atoms with van der Waals surface area (Å²) in [5.74, 6) is 0.461. The Kier molecular flexibility index (Phi) is 5.59. The van der Waals surface area contributed by atoms with Gasteiger partial charge in [-0.2, -0.15) is 0 Å². The lowest BCUT2D eigenvalue weighted by atomic mass is 10.1. The number of hydrogen-bond acceptors (Lipinski definition) is 3. The maximum absolute atomic E-state index is 12.7. The van der Waals surface area contributed by atoms with Crippen LogP contribution < -0.4 is 10.2 Å². The number of rotatable bonds is 4. The molecule has 2 aliphatic rings. The Hall–Kier alpha value is -2.57. The van der Waals surface area contributed by atoms with E-state index in [1.807, 2.05) is 41.3 Å². The van der Waals surface area contributed by atoms with Gasteiger partial charge in [-0.3, -0.25) is 14.5 Å². The number of halogens is 1. The van der Waals surface area contributed by atoms with Crippen LogP contribution in [0.1, 0.15) is 38.8 Å². The summed E-state index contributed by atoms with van der Waals surface area (Å²) in [6.45, 7) is 0. The number of aryl methyl sites for hydroxylation is 2. The third kappa shape index (κ3) is 4.14. The Balaban J connectivity index is 1.35. The molecule has 0 saturated carbocycles. The number of hydrogen-bond donors (Lipinski definition) is 1. The zero-order valence-corrected chi connectivity index (χ0v) is 19.2. The molecule has 0 radical (unpaired) electrons. The van der Waals surface area contributed by atoms with E-state index in [1.165, 1.54) is 17.5 Å². The number of fused-ring (bicyclic) bond motifs is 1. The van der Waals surface area contributed by atoms with Crippen molar-refractivity contribution in [1.29, 1.82) is 0 Å². The van der Waals surface area contributed by atoms with E-state index in [0.29, 0.717) is 11.3 Å². The molecule has 156 valence electrons. The lowest BCUT2D eigenvalue weighted by Crippen LogP contribution is -2.27. The van der Waals surface area contributed by atoms with Crippen LogP contribution >= 0.6 is 27.7 Å². The van der Waals surface area contributed by atoms with Gasteiger partial charge in [0.05, 0.1) is 5.75 Å². The largest absolute Gasteiger partial charge is 0.322 e. The van der Waals surface area contributed by atoms with Gasteiger partial charge in [-0.05, 0) is 78.4 Å². The second-order valence-electron chi connectivity index (χ2n) is 7.82. The molecule has 5 rings (SSSR count). The first kappa shape index (κ1) is 20.3. The Morgan fingerprint density at radius 2 is 1.81 bits per heavy atom. The fourth-order valence-corrected chi connectivity index (χ4v) is 5.80. The molecule has 0 aromatic heterocycles. The number of nitrogens with one attached hydrogen (secondary N) is 1. The molecular weight excluding hydrogens is 472 g/mol. The average molecular weight is 493 g/mol. The van der Waals surface area contributed by atoms with E-state index in [0.717, 1.165) is 34.3 Å². The third-order valence-corrected chi connectivity index (χ3v) is 7.47. The molecule has 1 heterocycles. The molecule has 1 unspecified atom stereocenters. The Morgan fingerprint density at radius 1 is 1.00 bits per heavy atom. The molecule has 2 amide bonds. The first-order valence-corrected chi connectivity index (χ1v) is 12.1. The molecular formula is C25H21BrN2O2S. The van der Waals surface area contributed by atoms with E-state index >= 15 is 0 Å². The summed E-state index contributed by atoms with van der Waals surface area (Å²) in [4.78, 5) is 27.1. The highest BCUT2D eigenvalue weighted by molar-refractivity contribution is 9.10. The van der Waals surface area contributed by atoms with Gasteiger partial charge in [-0.1, -0.05) is 40.2 Å². The van der Waals surface area contributed by atoms with E-state index in [4.69, 9.17) is 0 Å². The van der Waals surface area contributed by atoms with Crippen LogP contribution in [0.5, 0.6) is 0 Å². The van der Waals surface area contributed by atoms with Gasteiger partial charge in [0.15, 0.2) is 0 Å². The smallest absolute Gasteiger partial charge is 0.255 e. The SMILES string of the molecule is O=C(Nc1ccc(C2SCC(=O)N2c2ccc3c(c2)CCC3)cc1)c1cccc(Br)c1. The van der Waals surface area contributed by atoms with Crippen LogP contribution in [0.2, 0.25) is 0 Å². The van der Waals surface area contributed by atoms with Crippen LogP contribution in [0.15, 0.2) is 71.2 Å². The summed E-state index contributed by atoms with van der Waals surface area (Å²) in [5.41, 5.74) is 6.13. The maximum Gasteiger partial charge on any atom is 0.255 e. The third-order valence-electron chi connectivity index (χ3n) is 5.77. The van der Waals surface area contributed by atoms with Crippen molar-refractivity contribution in [3.05, 3.63) is 93.5 Å². The Bertz CT molecular complexity index is 1160. The van der Waals surface area contributed by atoms with E-state index in [2.05, 4.69) is 39.4 Å². The molecule has 3 aromatic carbocycles. The van der Waals surface area contributed by atoms with Crippen LogP contribution in [0.25, 0.3) is 0 Å². The fourth-order valence-electron chi connectivity index (χ4n) is 4.22. The van der Waals surface area contributed by atoms with Crippen molar-refractivity contribution in [2.75, 3.05) is 16.0 Å². The highest BCUT2D eigenvalue weighted by Gasteiger charge is 2.34. The molecule has 31 heavy (non-hydrogen) atoms. The van der Waals surface area contributed by atoms with Crippen LogP contribution in [0, 0.1) is 0 Å². The van der Waals surface area contributed by atoms with Crippen LogP contribution in [-0.2, 0) is 17.6 Å². The summed E-state index contributed by atoms with van der Waals surface area (Å²) in [5, 5.41) is 2.88. The second-order valence-corrected chi connectivity index (χ2v) is 9.80. The number of anilines is 2. The molecule has 1 aliphatic heterocycles. The van der Waals surface area contributed by atoms with E-state index < -0.39 is 0 Å². The monoisotopic (exact) mass is 492 g/mol. The molecule has 0 spiro atoms. The first-order chi connectivity index (χ1) is 15.1. The molecule has 4 nitrogen and oxygen atoms in total. The minimum Gasteiger partial charge on any atom is -0.322 e.